The minimum Gasteiger partial charge on any atom is -0.343 e. The van der Waals surface area contributed by atoms with E-state index in [2.05, 4.69) is 58.1 Å². The van der Waals surface area contributed by atoms with Crippen LogP contribution in [0.25, 0.3) is 16.8 Å². The van der Waals surface area contributed by atoms with Gasteiger partial charge in [-0.3, -0.25) is 4.79 Å². The Morgan fingerprint density at radius 2 is 2.15 bits per heavy atom. The molecule has 0 saturated carbocycles. The third-order valence-electron chi connectivity index (χ3n) is 4.99. The lowest BCUT2D eigenvalue weighted by molar-refractivity contribution is -0.127. The predicted molar refractivity (Wildman–Crippen MR) is 103 cm³/mol. The van der Waals surface area contributed by atoms with Gasteiger partial charge >= 0.3 is 0 Å². The van der Waals surface area contributed by atoms with E-state index in [1.807, 2.05) is 11.1 Å². The van der Waals surface area contributed by atoms with Gasteiger partial charge in [0.1, 0.15) is 0 Å². The van der Waals surface area contributed by atoms with Gasteiger partial charge in [-0.05, 0) is 48.4 Å². The third kappa shape index (κ3) is 3.98. The summed E-state index contributed by atoms with van der Waals surface area (Å²) in [7, 11) is 0. The molecule has 0 bridgehead atoms. The number of carbonyl (C=O) groups is 1. The highest BCUT2D eigenvalue weighted by Gasteiger charge is 2.18. The van der Waals surface area contributed by atoms with Gasteiger partial charge in [-0.25, -0.2) is 0 Å². The number of aryl methyl sites for hydroxylation is 1. The normalized spacial score (nSPS) is 14.4. The second-order valence-corrected chi connectivity index (χ2v) is 7.09. The first-order valence-corrected chi connectivity index (χ1v) is 9.47. The molecule has 0 aliphatic carbocycles. The van der Waals surface area contributed by atoms with Crippen LogP contribution in [0.1, 0.15) is 30.4 Å². The van der Waals surface area contributed by atoms with Crippen molar-refractivity contribution in [1.29, 1.82) is 0 Å². The molecular weight excluding hydrogens is 340 g/mol. The van der Waals surface area contributed by atoms with Gasteiger partial charge in [-0.1, -0.05) is 29.8 Å². The van der Waals surface area contributed by atoms with E-state index in [-0.39, 0.29) is 5.91 Å². The molecule has 0 spiro atoms. The topological polar surface area (TPSA) is 75.4 Å². The Labute approximate surface area is 158 Å². The summed E-state index contributed by atoms with van der Waals surface area (Å²) in [5, 5.41) is 15.5. The maximum absolute atomic E-state index is 11.7. The van der Waals surface area contributed by atoms with Crippen LogP contribution in [0.2, 0.25) is 0 Å². The zero-order chi connectivity index (χ0) is 18.6. The van der Waals surface area contributed by atoms with Crippen molar-refractivity contribution in [2.75, 3.05) is 19.6 Å². The molecule has 2 aromatic heterocycles. The largest absolute Gasteiger partial charge is 0.343 e. The summed E-state index contributed by atoms with van der Waals surface area (Å²) in [6, 6.07) is 10.6. The van der Waals surface area contributed by atoms with Gasteiger partial charge in [-0.15, -0.1) is 5.10 Å². The van der Waals surface area contributed by atoms with Crippen LogP contribution in [0.5, 0.6) is 0 Å². The zero-order valence-electron chi connectivity index (χ0n) is 15.6. The van der Waals surface area contributed by atoms with E-state index in [1.54, 1.807) is 4.52 Å². The number of nitrogens with zero attached hydrogens (tertiary/aromatic N) is 5. The first kappa shape index (κ1) is 17.6. The molecule has 1 fully saturated rings. The van der Waals surface area contributed by atoms with Gasteiger partial charge in [0.25, 0.3) is 0 Å². The van der Waals surface area contributed by atoms with Crippen LogP contribution in [0.4, 0.5) is 0 Å². The average Bonchev–Trinajstić information content (AvgIpc) is 3.30. The highest BCUT2D eigenvalue weighted by molar-refractivity contribution is 5.78. The maximum atomic E-state index is 11.7. The van der Waals surface area contributed by atoms with E-state index < -0.39 is 0 Å². The molecule has 1 saturated heterocycles. The fourth-order valence-corrected chi connectivity index (χ4v) is 3.58. The number of benzene rings is 1. The number of likely N-dealkylation sites (tertiary alicyclic amines) is 1. The van der Waals surface area contributed by atoms with E-state index in [0.29, 0.717) is 13.0 Å². The Bertz CT molecular complexity index is 951. The Balaban J connectivity index is 1.43. The fourth-order valence-electron chi connectivity index (χ4n) is 3.58. The molecule has 27 heavy (non-hydrogen) atoms. The lowest BCUT2D eigenvalue weighted by atomic mass is 10.0. The van der Waals surface area contributed by atoms with Crippen LogP contribution in [-0.2, 0) is 11.3 Å². The van der Waals surface area contributed by atoms with Crippen molar-refractivity contribution < 1.29 is 4.79 Å². The third-order valence-corrected chi connectivity index (χ3v) is 4.99. The number of hydrogen-bond donors (Lipinski definition) is 1. The van der Waals surface area contributed by atoms with E-state index in [4.69, 9.17) is 0 Å². The molecular formula is C20H24N6O. The van der Waals surface area contributed by atoms with Crippen LogP contribution in [0.15, 0.2) is 36.5 Å². The molecule has 1 amide bonds. The Kier molecular flexibility index (Phi) is 5.11. The van der Waals surface area contributed by atoms with Crippen molar-refractivity contribution in [2.24, 2.45) is 0 Å². The zero-order valence-corrected chi connectivity index (χ0v) is 15.6. The van der Waals surface area contributed by atoms with Crippen molar-refractivity contribution in [2.45, 2.75) is 32.7 Å². The van der Waals surface area contributed by atoms with E-state index >= 15 is 0 Å². The van der Waals surface area contributed by atoms with Crippen molar-refractivity contribution in [3.63, 3.8) is 0 Å². The molecule has 1 aliphatic heterocycles. The first-order valence-electron chi connectivity index (χ1n) is 9.47. The van der Waals surface area contributed by atoms with E-state index in [9.17, 15) is 4.79 Å². The van der Waals surface area contributed by atoms with Crippen LogP contribution < -0.4 is 5.32 Å². The minimum atomic E-state index is 0.289. The van der Waals surface area contributed by atoms with Crippen LogP contribution in [-0.4, -0.2) is 50.5 Å². The summed E-state index contributed by atoms with van der Waals surface area (Å²) in [5.41, 5.74) is 5.31. The van der Waals surface area contributed by atoms with Crippen LogP contribution in [0.3, 0.4) is 0 Å². The predicted octanol–water partition coefficient (Wildman–Crippen LogP) is 2.20. The van der Waals surface area contributed by atoms with Gasteiger partial charge in [0.2, 0.25) is 5.91 Å². The summed E-state index contributed by atoms with van der Waals surface area (Å²) >= 11 is 0. The second kappa shape index (κ2) is 7.84. The fraction of sp³-hybridized carbons (Fsp3) is 0.400. The Morgan fingerprint density at radius 1 is 1.22 bits per heavy atom. The molecule has 1 N–H and O–H groups in total. The molecule has 0 unspecified atom stereocenters. The molecule has 1 aliphatic rings. The van der Waals surface area contributed by atoms with Crippen LogP contribution in [0, 0.1) is 6.92 Å². The quantitative estimate of drug-likeness (QED) is 0.651. The first-order chi connectivity index (χ1) is 13.2. The highest BCUT2D eigenvalue weighted by atomic mass is 16.2. The van der Waals surface area contributed by atoms with Gasteiger partial charge < -0.3 is 10.2 Å². The molecule has 140 valence electrons. The molecule has 7 heteroatoms. The van der Waals surface area contributed by atoms with Crippen molar-refractivity contribution in [1.82, 2.24) is 30.3 Å². The van der Waals surface area contributed by atoms with Crippen LogP contribution >= 0.6 is 0 Å². The number of aromatic nitrogens is 4. The number of pyridine rings is 1. The molecule has 7 nitrogen and oxygen atoms in total. The number of fused-ring (bicyclic) bond motifs is 1. The average molecular weight is 364 g/mol. The number of rotatable bonds is 7. The van der Waals surface area contributed by atoms with Gasteiger partial charge in [0, 0.05) is 43.4 Å². The van der Waals surface area contributed by atoms with Gasteiger partial charge in [0.15, 0.2) is 5.65 Å². The standard InChI is InChI=1S/C20H24N6O/c1-15-5-2-6-16(11-15)18-12-17(20-22-23-24-26(20)14-18)13-21-8-4-10-25-9-3-7-19(25)27/h2,5-6,11-12,14,21H,3-4,7-10,13H2,1H3. The number of amides is 1. The number of nitrogens with one attached hydrogen (secondary N) is 1. The molecule has 4 rings (SSSR count). The molecule has 0 radical (unpaired) electrons. The molecule has 0 atom stereocenters. The number of hydrogen-bond acceptors (Lipinski definition) is 5. The summed E-state index contributed by atoms with van der Waals surface area (Å²) in [4.78, 5) is 13.6. The van der Waals surface area contributed by atoms with Gasteiger partial charge in [0.05, 0.1) is 0 Å². The molecule has 3 aromatic rings. The maximum Gasteiger partial charge on any atom is 0.222 e. The lowest BCUT2D eigenvalue weighted by Crippen LogP contribution is -2.28. The Morgan fingerprint density at radius 3 is 2.96 bits per heavy atom. The summed E-state index contributed by atoms with van der Waals surface area (Å²) in [5.74, 6) is 0.289. The second-order valence-electron chi connectivity index (χ2n) is 7.09. The molecule has 3 heterocycles. The molecule has 1 aromatic carbocycles. The SMILES string of the molecule is Cc1cccc(-c2cc(CNCCCN3CCCC3=O)c3nnnn3c2)c1. The summed E-state index contributed by atoms with van der Waals surface area (Å²) < 4.78 is 1.73. The highest BCUT2D eigenvalue weighted by Crippen LogP contribution is 2.23. The Hall–Kier alpha value is -2.80. The van der Waals surface area contributed by atoms with Gasteiger partial charge in [-0.2, -0.15) is 4.52 Å². The van der Waals surface area contributed by atoms with E-state index in [0.717, 1.165) is 54.8 Å². The minimum absolute atomic E-state index is 0.289. The van der Waals surface area contributed by atoms with Crippen molar-refractivity contribution >= 4 is 11.6 Å². The van der Waals surface area contributed by atoms with Crippen molar-refractivity contribution in [3.8, 4) is 11.1 Å². The number of carbonyl (C=O) groups excluding carboxylic acids is 1. The monoisotopic (exact) mass is 364 g/mol. The van der Waals surface area contributed by atoms with E-state index in [1.165, 1.54) is 5.56 Å². The summed E-state index contributed by atoms with van der Waals surface area (Å²) in [6.45, 7) is 5.37. The lowest BCUT2D eigenvalue weighted by Gasteiger charge is -2.15. The summed E-state index contributed by atoms with van der Waals surface area (Å²) in [6.07, 6.45) is 4.62. The van der Waals surface area contributed by atoms with Crippen molar-refractivity contribution in [3.05, 3.63) is 47.7 Å². The number of tetrazole rings is 1. The smallest absolute Gasteiger partial charge is 0.222 e.